The van der Waals surface area contributed by atoms with Crippen LogP contribution in [0.4, 0.5) is 0 Å². The summed E-state index contributed by atoms with van der Waals surface area (Å²) in [7, 11) is 0. The highest BCUT2D eigenvalue weighted by atomic mass is 35.5. The summed E-state index contributed by atoms with van der Waals surface area (Å²) in [6.45, 7) is 10.4. The molecule has 1 aliphatic rings. The van der Waals surface area contributed by atoms with Gasteiger partial charge in [0.1, 0.15) is 0 Å². The Kier molecular flexibility index (Phi) is 7.39. The molecule has 7 heteroatoms. The van der Waals surface area contributed by atoms with Gasteiger partial charge in [0.2, 0.25) is 5.91 Å². The summed E-state index contributed by atoms with van der Waals surface area (Å²) < 4.78 is 0. The van der Waals surface area contributed by atoms with Gasteiger partial charge in [-0.2, -0.15) is 0 Å². The Morgan fingerprint density at radius 3 is 2.67 bits per heavy atom. The zero-order valence-corrected chi connectivity index (χ0v) is 17.1. The first kappa shape index (κ1) is 20.9. The largest absolute Gasteiger partial charge is 0.357 e. The third-order valence-corrected chi connectivity index (χ3v) is 4.64. The molecule has 27 heavy (non-hydrogen) atoms. The van der Waals surface area contributed by atoms with Crippen LogP contribution in [0, 0.1) is 0 Å². The van der Waals surface area contributed by atoms with Crippen LogP contribution in [0.2, 0.25) is 10.0 Å². The SMILES string of the molecule is C=C(NC1=C(C)C(=O)NCC1)c1ccnc(-c2ccc(Cl)c(Cl)c2)n1.CC. The van der Waals surface area contributed by atoms with Gasteiger partial charge in [0.05, 0.1) is 21.4 Å². The second-order valence-electron chi connectivity index (χ2n) is 5.61. The predicted molar refractivity (Wildman–Crippen MR) is 111 cm³/mol. The van der Waals surface area contributed by atoms with Gasteiger partial charge in [-0.25, -0.2) is 9.97 Å². The highest BCUT2D eigenvalue weighted by Crippen LogP contribution is 2.27. The molecule has 3 rings (SSSR count). The highest BCUT2D eigenvalue weighted by molar-refractivity contribution is 6.42. The number of hydrogen-bond acceptors (Lipinski definition) is 4. The third kappa shape index (κ3) is 5.08. The second kappa shape index (κ2) is 9.53. The number of carbonyl (C=O) groups excluding carboxylic acids is 1. The Morgan fingerprint density at radius 1 is 1.22 bits per heavy atom. The quantitative estimate of drug-likeness (QED) is 0.765. The van der Waals surface area contributed by atoms with E-state index < -0.39 is 0 Å². The molecule has 2 N–H and O–H groups in total. The second-order valence-corrected chi connectivity index (χ2v) is 6.42. The fourth-order valence-electron chi connectivity index (χ4n) is 2.46. The monoisotopic (exact) mass is 404 g/mol. The van der Waals surface area contributed by atoms with Crippen molar-refractivity contribution in [2.75, 3.05) is 6.54 Å². The molecule has 0 fully saturated rings. The molecule has 2 heterocycles. The minimum atomic E-state index is -0.0688. The van der Waals surface area contributed by atoms with Gasteiger partial charge in [0, 0.05) is 36.0 Å². The molecule has 0 spiro atoms. The van der Waals surface area contributed by atoms with Crippen molar-refractivity contribution in [1.29, 1.82) is 0 Å². The number of carbonyl (C=O) groups is 1. The molecule has 0 bridgehead atoms. The maximum atomic E-state index is 11.7. The summed E-state index contributed by atoms with van der Waals surface area (Å²) >= 11 is 12.0. The molecule has 0 aliphatic carbocycles. The third-order valence-electron chi connectivity index (χ3n) is 3.90. The van der Waals surface area contributed by atoms with E-state index in [0.29, 0.717) is 39.4 Å². The van der Waals surface area contributed by atoms with Crippen LogP contribution in [0.25, 0.3) is 17.1 Å². The molecule has 0 unspecified atom stereocenters. The van der Waals surface area contributed by atoms with Crippen molar-refractivity contribution in [1.82, 2.24) is 20.6 Å². The Bertz CT molecular complexity index is 893. The van der Waals surface area contributed by atoms with E-state index in [0.717, 1.165) is 17.7 Å². The Hall–Kier alpha value is -2.37. The number of benzene rings is 1. The average Bonchev–Trinajstić information content (AvgIpc) is 2.69. The fourth-order valence-corrected chi connectivity index (χ4v) is 2.76. The number of rotatable bonds is 4. The van der Waals surface area contributed by atoms with Gasteiger partial charge in [-0.3, -0.25) is 4.79 Å². The zero-order chi connectivity index (χ0) is 20.0. The summed E-state index contributed by atoms with van der Waals surface area (Å²) in [5, 5.41) is 6.92. The van der Waals surface area contributed by atoms with Crippen molar-refractivity contribution in [2.45, 2.75) is 27.2 Å². The van der Waals surface area contributed by atoms with Crippen LogP contribution < -0.4 is 10.6 Å². The van der Waals surface area contributed by atoms with Crippen LogP contribution in [-0.2, 0) is 4.79 Å². The van der Waals surface area contributed by atoms with E-state index in [2.05, 4.69) is 27.2 Å². The van der Waals surface area contributed by atoms with Crippen molar-refractivity contribution in [3.63, 3.8) is 0 Å². The lowest BCUT2D eigenvalue weighted by molar-refractivity contribution is -0.117. The molecule has 1 aliphatic heterocycles. The van der Waals surface area contributed by atoms with Crippen molar-refractivity contribution in [2.24, 2.45) is 0 Å². The fraction of sp³-hybridized carbons (Fsp3) is 0.250. The number of nitrogens with one attached hydrogen (secondary N) is 2. The summed E-state index contributed by atoms with van der Waals surface area (Å²) in [4.78, 5) is 20.5. The van der Waals surface area contributed by atoms with E-state index in [1.165, 1.54) is 0 Å². The van der Waals surface area contributed by atoms with Crippen LogP contribution in [0.1, 0.15) is 32.9 Å². The van der Waals surface area contributed by atoms with Crippen LogP contribution in [0.3, 0.4) is 0 Å². The smallest absolute Gasteiger partial charge is 0.248 e. The van der Waals surface area contributed by atoms with E-state index in [1.54, 1.807) is 31.3 Å². The van der Waals surface area contributed by atoms with Crippen molar-refractivity contribution in [3.8, 4) is 11.4 Å². The van der Waals surface area contributed by atoms with Gasteiger partial charge in [-0.05, 0) is 31.2 Å². The van der Waals surface area contributed by atoms with Crippen LogP contribution in [0.15, 0.2) is 48.3 Å². The maximum Gasteiger partial charge on any atom is 0.248 e. The van der Waals surface area contributed by atoms with E-state index in [9.17, 15) is 4.79 Å². The molecule has 0 atom stereocenters. The van der Waals surface area contributed by atoms with Gasteiger partial charge in [-0.1, -0.05) is 43.6 Å². The van der Waals surface area contributed by atoms with E-state index >= 15 is 0 Å². The maximum absolute atomic E-state index is 11.7. The molecular weight excluding hydrogens is 383 g/mol. The van der Waals surface area contributed by atoms with Gasteiger partial charge in [0.15, 0.2) is 5.82 Å². The minimum absolute atomic E-state index is 0.0688. The van der Waals surface area contributed by atoms with Gasteiger partial charge in [0.25, 0.3) is 0 Å². The molecule has 1 aromatic carbocycles. The van der Waals surface area contributed by atoms with Gasteiger partial charge in [-0.15, -0.1) is 0 Å². The summed E-state index contributed by atoms with van der Waals surface area (Å²) in [6.07, 6.45) is 2.38. The Labute approximate surface area is 169 Å². The minimum Gasteiger partial charge on any atom is -0.357 e. The van der Waals surface area contributed by atoms with Crippen molar-refractivity contribution < 1.29 is 4.79 Å². The van der Waals surface area contributed by atoms with E-state index in [4.69, 9.17) is 23.2 Å². The molecular formula is C20H22Cl2N4O. The van der Waals surface area contributed by atoms with E-state index in [1.807, 2.05) is 19.9 Å². The number of halogens is 2. The Morgan fingerprint density at radius 2 is 1.96 bits per heavy atom. The first-order chi connectivity index (χ1) is 13.0. The highest BCUT2D eigenvalue weighted by Gasteiger charge is 2.17. The number of amides is 1. The normalized spacial score (nSPS) is 13.4. The standard InChI is InChI=1S/C18H16Cl2N4O.C2H6/c1-10-15(5-8-22-18(10)25)23-11(2)16-6-7-21-17(24-16)12-3-4-13(19)14(20)9-12;1-2/h3-4,6-7,9,23H,2,5,8H2,1H3,(H,22,25);1-2H3. The molecule has 1 aromatic heterocycles. The molecule has 0 saturated heterocycles. The van der Waals surface area contributed by atoms with Crippen molar-refractivity contribution in [3.05, 3.63) is 64.1 Å². The number of nitrogens with zero attached hydrogens (tertiary/aromatic N) is 2. The van der Waals surface area contributed by atoms with Crippen LogP contribution in [-0.4, -0.2) is 22.4 Å². The molecule has 2 aromatic rings. The topological polar surface area (TPSA) is 66.9 Å². The van der Waals surface area contributed by atoms with Gasteiger partial charge >= 0.3 is 0 Å². The summed E-state index contributed by atoms with van der Waals surface area (Å²) in [5.41, 5.74) is 3.52. The Balaban J connectivity index is 0.00000126. The van der Waals surface area contributed by atoms with Crippen LogP contribution >= 0.6 is 23.2 Å². The summed E-state index contributed by atoms with van der Waals surface area (Å²) in [5.74, 6) is 0.451. The molecule has 1 amide bonds. The lowest BCUT2D eigenvalue weighted by atomic mass is 10.1. The lowest BCUT2D eigenvalue weighted by Crippen LogP contribution is -2.34. The zero-order valence-electron chi connectivity index (χ0n) is 15.6. The van der Waals surface area contributed by atoms with Crippen molar-refractivity contribution >= 4 is 34.8 Å². The summed E-state index contributed by atoms with van der Waals surface area (Å²) in [6, 6.07) is 6.99. The number of hydrogen-bond donors (Lipinski definition) is 2. The first-order valence-electron chi connectivity index (χ1n) is 8.68. The van der Waals surface area contributed by atoms with Gasteiger partial charge < -0.3 is 10.6 Å². The van der Waals surface area contributed by atoms with Crippen LogP contribution in [0.5, 0.6) is 0 Å². The molecule has 0 radical (unpaired) electrons. The predicted octanol–water partition coefficient (Wildman–Crippen LogP) is 4.83. The molecule has 5 nitrogen and oxygen atoms in total. The lowest BCUT2D eigenvalue weighted by Gasteiger charge is -2.20. The number of aromatic nitrogens is 2. The molecule has 0 saturated carbocycles. The first-order valence-corrected chi connectivity index (χ1v) is 9.44. The molecule has 142 valence electrons. The average molecular weight is 405 g/mol. The van der Waals surface area contributed by atoms with E-state index in [-0.39, 0.29) is 5.91 Å².